The van der Waals surface area contributed by atoms with Crippen LogP contribution in [0.15, 0.2) is 48.5 Å². The molecule has 2 aromatic rings. The van der Waals surface area contributed by atoms with Gasteiger partial charge in [-0.2, -0.15) is 0 Å². The van der Waals surface area contributed by atoms with Crippen LogP contribution in [0.2, 0.25) is 0 Å². The summed E-state index contributed by atoms with van der Waals surface area (Å²) in [6.45, 7) is 4.27. The molecule has 2 aromatic carbocycles. The highest BCUT2D eigenvalue weighted by Gasteiger charge is 1.92. The summed E-state index contributed by atoms with van der Waals surface area (Å²) in [6.07, 6.45) is 2.22. The normalized spacial score (nSPS) is 10.0. The van der Waals surface area contributed by atoms with Crippen molar-refractivity contribution >= 4 is 0 Å². The molecule has 0 radical (unpaired) electrons. The number of hydrogen-bond donors (Lipinski definition) is 0. The van der Waals surface area contributed by atoms with E-state index in [2.05, 4.69) is 62.7 Å². The topological polar surface area (TPSA) is 0 Å². The zero-order valence-corrected chi connectivity index (χ0v) is 9.20. The molecule has 0 nitrogen and oxygen atoms in total. The van der Waals surface area contributed by atoms with Gasteiger partial charge < -0.3 is 0 Å². The average molecular weight is 195 g/mol. The van der Waals surface area contributed by atoms with Gasteiger partial charge in [0.1, 0.15) is 0 Å². The summed E-state index contributed by atoms with van der Waals surface area (Å²) < 4.78 is 0. The van der Waals surface area contributed by atoms with Crippen LogP contribution in [0.4, 0.5) is 0 Å². The van der Waals surface area contributed by atoms with Gasteiger partial charge in [-0.15, -0.1) is 41.3 Å². The van der Waals surface area contributed by atoms with Crippen LogP contribution in [0.1, 0.15) is 22.3 Å². The molecule has 76 valence electrons. The van der Waals surface area contributed by atoms with Crippen molar-refractivity contribution in [2.45, 2.75) is 13.8 Å². The van der Waals surface area contributed by atoms with Gasteiger partial charge in [-0.3, -0.25) is 0 Å². The van der Waals surface area contributed by atoms with Crippen LogP contribution in [-0.2, 0) is 0 Å². The molecule has 15 heavy (non-hydrogen) atoms. The van der Waals surface area contributed by atoms with Crippen molar-refractivity contribution in [3.8, 4) is 0 Å². The molecule has 0 bridgehead atoms. The second-order valence-corrected chi connectivity index (χ2v) is 3.92. The molecule has 0 saturated carbocycles. The van der Waals surface area contributed by atoms with E-state index < -0.39 is 0 Å². The van der Waals surface area contributed by atoms with E-state index in [1.165, 1.54) is 22.3 Å². The molecule has 0 spiro atoms. The molecule has 0 aliphatic rings. The van der Waals surface area contributed by atoms with Crippen LogP contribution in [0.3, 0.4) is 0 Å². The second kappa shape index (κ2) is 4.22. The van der Waals surface area contributed by atoms with Crippen molar-refractivity contribution in [2.24, 2.45) is 0 Å². The Labute approximate surface area is 91.6 Å². The Morgan fingerprint density at radius 1 is 0.867 bits per heavy atom. The molecular formula is C15H15-. The molecule has 0 heterocycles. The fourth-order valence-corrected chi connectivity index (χ4v) is 1.64. The molecule has 0 amide bonds. The van der Waals surface area contributed by atoms with E-state index in [0.717, 1.165) is 0 Å². The Bertz CT molecular complexity index is 441. The lowest BCUT2D eigenvalue weighted by Gasteiger charge is -2.13. The van der Waals surface area contributed by atoms with Crippen LogP contribution in [0.5, 0.6) is 0 Å². The van der Waals surface area contributed by atoms with Crippen molar-refractivity contribution in [3.63, 3.8) is 0 Å². The van der Waals surface area contributed by atoms with Gasteiger partial charge in [-0.05, 0) is 6.92 Å². The maximum atomic E-state index is 2.22. The summed E-state index contributed by atoms with van der Waals surface area (Å²) in [6, 6.07) is 17.0. The standard InChI is InChI=1S/C15H15/c1-12-8-9-13(2)15(10-12)11-14-6-4-3-5-7-14/h3-11H,1-2H3/q-1. The predicted molar refractivity (Wildman–Crippen MR) is 64.9 cm³/mol. The van der Waals surface area contributed by atoms with Crippen molar-refractivity contribution in [3.05, 3.63) is 77.2 Å². The summed E-state index contributed by atoms with van der Waals surface area (Å²) in [5, 5.41) is 0. The van der Waals surface area contributed by atoms with Gasteiger partial charge in [0.25, 0.3) is 0 Å². The van der Waals surface area contributed by atoms with Gasteiger partial charge in [0.2, 0.25) is 0 Å². The fraction of sp³-hybridized carbons (Fsp3) is 0.133. The third-order valence-corrected chi connectivity index (χ3v) is 2.56. The van der Waals surface area contributed by atoms with Crippen molar-refractivity contribution < 1.29 is 0 Å². The monoisotopic (exact) mass is 195 g/mol. The molecule has 0 unspecified atom stereocenters. The van der Waals surface area contributed by atoms with E-state index >= 15 is 0 Å². The van der Waals surface area contributed by atoms with E-state index in [9.17, 15) is 0 Å². The number of hydrogen-bond acceptors (Lipinski definition) is 0. The third kappa shape index (κ3) is 2.41. The van der Waals surface area contributed by atoms with E-state index in [0.29, 0.717) is 0 Å². The molecule has 0 aliphatic heterocycles. The van der Waals surface area contributed by atoms with Gasteiger partial charge in [-0.1, -0.05) is 42.8 Å². The van der Waals surface area contributed by atoms with Gasteiger partial charge >= 0.3 is 0 Å². The minimum absolute atomic E-state index is 1.26. The van der Waals surface area contributed by atoms with Gasteiger partial charge in [0.05, 0.1) is 0 Å². The zero-order valence-electron chi connectivity index (χ0n) is 9.20. The first-order valence-electron chi connectivity index (χ1n) is 5.23. The number of rotatable bonds is 2. The quantitative estimate of drug-likeness (QED) is 0.637. The Hall–Kier alpha value is -1.69. The van der Waals surface area contributed by atoms with E-state index in [4.69, 9.17) is 0 Å². The maximum absolute atomic E-state index is 2.22. The largest absolute Gasteiger partial charge is 0.126 e. The molecule has 0 atom stereocenters. The Morgan fingerprint density at radius 3 is 2.33 bits per heavy atom. The first-order valence-corrected chi connectivity index (χ1v) is 5.23. The highest BCUT2D eigenvalue weighted by atomic mass is 14.0. The van der Waals surface area contributed by atoms with Crippen LogP contribution in [0, 0.1) is 20.3 Å². The molecule has 0 N–H and O–H groups in total. The smallest absolute Gasteiger partial charge is 0.0469 e. The highest BCUT2D eigenvalue weighted by Crippen LogP contribution is 2.17. The van der Waals surface area contributed by atoms with Crippen molar-refractivity contribution in [2.75, 3.05) is 0 Å². The van der Waals surface area contributed by atoms with E-state index in [1.54, 1.807) is 0 Å². The molecule has 2 rings (SSSR count). The zero-order chi connectivity index (χ0) is 10.7. The Balaban J connectivity index is 2.28. The lowest BCUT2D eigenvalue weighted by Crippen LogP contribution is -1.89. The highest BCUT2D eigenvalue weighted by molar-refractivity contribution is 5.42. The minimum Gasteiger partial charge on any atom is -0.126 e. The Kier molecular flexibility index (Phi) is 2.77. The summed E-state index contributed by atoms with van der Waals surface area (Å²) in [4.78, 5) is 0. The summed E-state index contributed by atoms with van der Waals surface area (Å²) >= 11 is 0. The lowest BCUT2D eigenvalue weighted by molar-refractivity contribution is 1.31. The van der Waals surface area contributed by atoms with Crippen molar-refractivity contribution in [1.82, 2.24) is 0 Å². The summed E-state index contributed by atoms with van der Waals surface area (Å²) in [5.74, 6) is 0. The van der Waals surface area contributed by atoms with Crippen LogP contribution in [0.25, 0.3) is 0 Å². The molecule has 0 fully saturated rings. The van der Waals surface area contributed by atoms with Gasteiger partial charge in [-0.25, -0.2) is 0 Å². The van der Waals surface area contributed by atoms with Crippen LogP contribution < -0.4 is 0 Å². The second-order valence-electron chi connectivity index (χ2n) is 3.92. The lowest BCUT2D eigenvalue weighted by atomic mass is 9.99. The van der Waals surface area contributed by atoms with E-state index in [1.807, 2.05) is 6.07 Å². The molecule has 0 saturated heterocycles. The maximum Gasteiger partial charge on any atom is -0.0469 e. The first kappa shape index (κ1) is 9.85. The average Bonchev–Trinajstić information content (AvgIpc) is 2.25. The summed E-state index contributed by atoms with van der Waals surface area (Å²) in [7, 11) is 0. The molecule has 0 heteroatoms. The Morgan fingerprint density at radius 2 is 1.60 bits per heavy atom. The predicted octanol–water partition coefficient (Wildman–Crippen LogP) is 3.90. The fourth-order valence-electron chi connectivity index (χ4n) is 1.64. The van der Waals surface area contributed by atoms with Crippen LogP contribution >= 0.6 is 0 Å². The minimum atomic E-state index is 1.26. The summed E-state index contributed by atoms with van der Waals surface area (Å²) in [5.41, 5.74) is 5.19. The number of benzene rings is 2. The first-order chi connectivity index (χ1) is 7.25. The molecular weight excluding hydrogens is 180 g/mol. The van der Waals surface area contributed by atoms with Gasteiger partial charge in [0.15, 0.2) is 0 Å². The molecule has 0 aromatic heterocycles. The van der Waals surface area contributed by atoms with E-state index in [-0.39, 0.29) is 0 Å². The number of aryl methyl sites for hydroxylation is 2. The van der Waals surface area contributed by atoms with Crippen molar-refractivity contribution in [1.29, 1.82) is 0 Å². The molecule has 0 aliphatic carbocycles. The third-order valence-electron chi connectivity index (χ3n) is 2.56. The SMILES string of the molecule is Cc1ccc(C)c([CH-]c2ccccc2)c1. The van der Waals surface area contributed by atoms with Gasteiger partial charge in [0, 0.05) is 0 Å². The van der Waals surface area contributed by atoms with Crippen LogP contribution in [-0.4, -0.2) is 0 Å².